The van der Waals surface area contributed by atoms with Gasteiger partial charge >= 0.3 is 0 Å². The SMILES string of the molecule is N#CC(O)C(O)c1ccccc1C(=N)N. The summed E-state index contributed by atoms with van der Waals surface area (Å²) in [7, 11) is 0. The Labute approximate surface area is 86.9 Å². The first kappa shape index (κ1) is 11.2. The molecule has 2 atom stereocenters. The van der Waals surface area contributed by atoms with Crippen LogP contribution in [0.15, 0.2) is 24.3 Å². The molecule has 0 aliphatic heterocycles. The van der Waals surface area contributed by atoms with Gasteiger partial charge in [-0.15, -0.1) is 0 Å². The van der Waals surface area contributed by atoms with Gasteiger partial charge in [0.05, 0.1) is 6.07 Å². The molecule has 0 aromatic heterocycles. The maximum absolute atomic E-state index is 9.59. The molecule has 0 bridgehead atoms. The number of hydrogen-bond donors (Lipinski definition) is 4. The molecule has 0 fully saturated rings. The first-order valence-corrected chi connectivity index (χ1v) is 4.27. The van der Waals surface area contributed by atoms with E-state index >= 15 is 0 Å². The van der Waals surface area contributed by atoms with E-state index in [1.165, 1.54) is 12.1 Å². The first-order chi connectivity index (χ1) is 7.07. The Kier molecular flexibility index (Phi) is 3.39. The highest BCUT2D eigenvalue weighted by atomic mass is 16.3. The smallest absolute Gasteiger partial charge is 0.170 e. The maximum atomic E-state index is 9.59. The van der Waals surface area contributed by atoms with Crippen molar-refractivity contribution in [3.63, 3.8) is 0 Å². The minimum absolute atomic E-state index is 0.213. The third-order valence-corrected chi connectivity index (χ3v) is 2.00. The Bertz CT molecular complexity index is 411. The van der Waals surface area contributed by atoms with Crippen LogP contribution in [0.1, 0.15) is 17.2 Å². The van der Waals surface area contributed by atoms with E-state index in [1.807, 2.05) is 0 Å². The summed E-state index contributed by atoms with van der Waals surface area (Å²) in [6, 6.07) is 7.88. The van der Waals surface area contributed by atoms with Gasteiger partial charge in [0.2, 0.25) is 0 Å². The molecule has 1 aromatic rings. The third-order valence-electron chi connectivity index (χ3n) is 2.00. The van der Waals surface area contributed by atoms with Crippen molar-refractivity contribution in [3.05, 3.63) is 35.4 Å². The lowest BCUT2D eigenvalue weighted by Crippen LogP contribution is -2.21. The normalized spacial score (nSPS) is 13.9. The Hall–Kier alpha value is -1.90. The zero-order valence-electron chi connectivity index (χ0n) is 7.88. The first-order valence-electron chi connectivity index (χ1n) is 4.27. The van der Waals surface area contributed by atoms with Crippen molar-refractivity contribution >= 4 is 5.84 Å². The number of hydrogen-bond acceptors (Lipinski definition) is 4. The van der Waals surface area contributed by atoms with Crippen LogP contribution >= 0.6 is 0 Å². The Balaban J connectivity index is 3.14. The van der Waals surface area contributed by atoms with Gasteiger partial charge in [0.15, 0.2) is 6.10 Å². The second kappa shape index (κ2) is 4.55. The minimum Gasteiger partial charge on any atom is -0.385 e. The molecular weight excluding hydrogens is 194 g/mol. The van der Waals surface area contributed by atoms with Crippen LogP contribution in [0.25, 0.3) is 0 Å². The molecule has 0 saturated carbocycles. The molecule has 0 amide bonds. The standard InChI is InChI=1S/C10H11N3O2/c11-5-8(14)9(15)6-3-1-2-4-7(6)10(12)13/h1-4,8-9,14-15H,(H3,12,13). The van der Waals surface area contributed by atoms with Crippen molar-refractivity contribution in [3.8, 4) is 6.07 Å². The second-order valence-electron chi connectivity index (χ2n) is 3.02. The number of aliphatic hydroxyl groups is 2. The van der Waals surface area contributed by atoms with Gasteiger partial charge in [-0.3, -0.25) is 5.41 Å². The minimum atomic E-state index is -1.52. The summed E-state index contributed by atoms with van der Waals surface area (Å²) < 4.78 is 0. The molecule has 5 N–H and O–H groups in total. The average Bonchev–Trinajstić information content (AvgIpc) is 2.27. The van der Waals surface area contributed by atoms with Crippen molar-refractivity contribution in [2.24, 2.45) is 5.73 Å². The Morgan fingerprint density at radius 2 is 2.00 bits per heavy atom. The lowest BCUT2D eigenvalue weighted by Gasteiger charge is -2.15. The summed E-state index contributed by atoms with van der Waals surface area (Å²) in [5, 5.41) is 34.5. The average molecular weight is 205 g/mol. The molecule has 0 saturated heterocycles. The summed E-state index contributed by atoms with van der Waals surface area (Å²) in [5.41, 5.74) is 5.90. The van der Waals surface area contributed by atoms with Crippen LogP contribution in [-0.2, 0) is 0 Å². The van der Waals surface area contributed by atoms with Gasteiger partial charge in [0.25, 0.3) is 0 Å². The van der Waals surface area contributed by atoms with Gasteiger partial charge < -0.3 is 15.9 Å². The summed E-state index contributed by atoms with van der Waals surface area (Å²) in [5.74, 6) is -0.213. The molecule has 0 aliphatic rings. The van der Waals surface area contributed by atoms with Gasteiger partial charge in [0, 0.05) is 5.56 Å². The fourth-order valence-electron chi connectivity index (χ4n) is 1.24. The molecule has 0 heterocycles. The highest BCUT2D eigenvalue weighted by Crippen LogP contribution is 2.20. The largest absolute Gasteiger partial charge is 0.385 e. The molecule has 5 heteroatoms. The second-order valence-corrected chi connectivity index (χ2v) is 3.02. The van der Waals surface area contributed by atoms with Crippen molar-refractivity contribution in [2.45, 2.75) is 12.2 Å². The van der Waals surface area contributed by atoms with Crippen LogP contribution in [0, 0.1) is 16.7 Å². The summed E-state index contributed by atoms with van der Waals surface area (Å²) >= 11 is 0. The number of nitrogens with two attached hydrogens (primary N) is 1. The van der Waals surface area contributed by atoms with Crippen LogP contribution in [0.4, 0.5) is 0 Å². The number of nitriles is 1. The lowest BCUT2D eigenvalue weighted by molar-refractivity contribution is 0.0527. The van der Waals surface area contributed by atoms with Crippen LogP contribution in [0.5, 0.6) is 0 Å². The lowest BCUT2D eigenvalue weighted by atomic mass is 9.98. The molecule has 1 rings (SSSR count). The van der Waals surface area contributed by atoms with Gasteiger partial charge in [-0.1, -0.05) is 24.3 Å². The number of amidine groups is 1. The van der Waals surface area contributed by atoms with Crippen LogP contribution in [-0.4, -0.2) is 22.2 Å². The van der Waals surface area contributed by atoms with Crippen LogP contribution < -0.4 is 5.73 Å². The summed E-state index contributed by atoms with van der Waals surface area (Å²) in [6.07, 6.45) is -2.87. The van der Waals surface area contributed by atoms with Crippen molar-refractivity contribution < 1.29 is 10.2 Å². The number of nitrogens with one attached hydrogen (secondary N) is 1. The number of nitrogen functional groups attached to an aromatic ring is 1. The van der Waals surface area contributed by atoms with Crippen molar-refractivity contribution in [1.82, 2.24) is 0 Å². The number of nitrogens with zero attached hydrogens (tertiary/aromatic N) is 1. The summed E-state index contributed by atoms with van der Waals surface area (Å²) in [6.45, 7) is 0. The van der Waals surface area contributed by atoms with E-state index in [4.69, 9.17) is 21.5 Å². The quantitative estimate of drug-likeness (QED) is 0.313. The number of aliphatic hydroxyl groups excluding tert-OH is 2. The van der Waals surface area contributed by atoms with E-state index in [1.54, 1.807) is 18.2 Å². The molecule has 2 unspecified atom stereocenters. The molecule has 1 aromatic carbocycles. The van der Waals surface area contributed by atoms with Gasteiger partial charge in [-0.25, -0.2) is 0 Å². The van der Waals surface area contributed by atoms with Gasteiger partial charge in [-0.2, -0.15) is 5.26 Å². The van der Waals surface area contributed by atoms with E-state index in [0.717, 1.165) is 0 Å². The Morgan fingerprint density at radius 1 is 1.40 bits per heavy atom. The van der Waals surface area contributed by atoms with Crippen molar-refractivity contribution in [2.75, 3.05) is 0 Å². The molecule has 0 spiro atoms. The zero-order chi connectivity index (χ0) is 11.4. The van der Waals surface area contributed by atoms with Gasteiger partial charge in [0.1, 0.15) is 11.9 Å². The monoisotopic (exact) mass is 205 g/mol. The predicted octanol–water partition coefficient (Wildman–Crippen LogP) is -0.111. The van der Waals surface area contributed by atoms with E-state index in [0.29, 0.717) is 5.56 Å². The highest BCUT2D eigenvalue weighted by Gasteiger charge is 2.20. The molecular formula is C10H11N3O2. The zero-order valence-corrected chi connectivity index (χ0v) is 7.88. The fourth-order valence-corrected chi connectivity index (χ4v) is 1.24. The van der Waals surface area contributed by atoms with Crippen molar-refractivity contribution in [1.29, 1.82) is 10.7 Å². The van der Waals surface area contributed by atoms with E-state index in [9.17, 15) is 5.11 Å². The topological polar surface area (TPSA) is 114 Å². The molecule has 0 radical (unpaired) electrons. The molecule has 0 aliphatic carbocycles. The Morgan fingerprint density at radius 3 is 2.53 bits per heavy atom. The highest BCUT2D eigenvalue weighted by molar-refractivity contribution is 5.96. The van der Waals surface area contributed by atoms with Gasteiger partial charge in [-0.05, 0) is 5.56 Å². The van der Waals surface area contributed by atoms with E-state index in [2.05, 4.69) is 0 Å². The predicted molar refractivity (Wildman–Crippen MR) is 54.0 cm³/mol. The number of benzene rings is 1. The summed E-state index contributed by atoms with van der Waals surface area (Å²) in [4.78, 5) is 0. The molecule has 5 nitrogen and oxygen atoms in total. The van der Waals surface area contributed by atoms with E-state index < -0.39 is 12.2 Å². The van der Waals surface area contributed by atoms with Crippen LogP contribution in [0.3, 0.4) is 0 Å². The number of rotatable bonds is 3. The third kappa shape index (κ3) is 2.31. The van der Waals surface area contributed by atoms with Crippen LogP contribution in [0.2, 0.25) is 0 Å². The molecule has 78 valence electrons. The van der Waals surface area contributed by atoms with E-state index in [-0.39, 0.29) is 11.4 Å². The fraction of sp³-hybridized carbons (Fsp3) is 0.200. The molecule has 15 heavy (non-hydrogen) atoms. The maximum Gasteiger partial charge on any atom is 0.170 e.